The van der Waals surface area contributed by atoms with Crippen molar-refractivity contribution >= 4 is 29.8 Å². The number of rotatable bonds is 6. The number of benzene rings is 2. The van der Waals surface area contributed by atoms with Gasteiger partial charge in [-0.2, -0.15) is 5.10 Å². The highest BCUT2D eigenvalue weighted by molar-refractivity contribution is 7.98. The molecule has 2 aromatic carbocycles. The van der Waals surface area contributed by atoms with E-state index in [-0.39, 0.29) is 19.2 Å². The van der Waals surface area contributed by atoms with Crippen LogP contribution in [0.25, 0.3) is 0 Å². The van der Waals surface area contributed by atoms with Gasteiger partial charge in [-0.25, -0.2) is 5.43 Å². The van der Waals surface area contributed by atoms with E-state index in [0.717, 1.165) is 10.5 Å². The standard InChI is InChI=1S/C18H17N3O4S/c1-26-14-5-2-12(3-6-14)9-20-21-17(22)10-19-18(23)13-4-7-15-16(8-13)25-11-24-15/h2-9H,10-11H2,1H3,(H,19,23)(H,21,22). The van der Waals surface area contributed by atoms with Gasteiger partial charge >= 0.3 is 0 Å². The molecule has 1 aliphatic heterocycles. The summed E-state index contributed by atoms with van der Waals surface area (Å²) in [7, 11) is 0. The van der Waals surface area contributed by atoms with Crippen molar-refractivity contribution in [1.29, 1.82) is 0 Å². The lowest BCUT2D eigenvalue weighted by Gasteiger charge is -2.05. The largest absolute Gasteiger partial charge is 0.454 e. The van der Waals surface area contributed by atoms with Crippen molar-refractivity contribution in [3.8, 4) is 11.5 Å². The number of hydrogen-bond donors (Lipinski definition) is 2. The minimum absolute atomic E-state index is 0.140. The molecule has 0 unspecified atom stereocenters. The average Bonchev–Trinajstić information content (AvgIpc) is 3.14. The number of carbonyl (C=O) groups excluding carboxylic acids is 2. The Hall–Kier alpha value is -3.00. The first-order chi connectivity index (χ1) is 12.7. The Morgan fingerprint density at radius 3 is 2.69 bits per heavy atom. The fourth-order valence-electron chi connectivity index (χ4n) is 2.21. The van der Waals surface area contributed by atoms with Crippen LogP contribution in [0.3, 0.4) is 0 Å². The predicted molar refractivity (Wildman–Crippen MR) is 98.9 cm³/mol. The van der Waals surface area contributed by atoms with E-state index in [1.807, 2.05) is 30.5 Å². The maximum atomic E-state index is 12.1. The third kappa shape index (κ3) is 4.54. The summed E-state index contributed by atoms with van der Waals surface area (Å²) in [6, 6.07) is 12.6. The van der Waals surface area contributed by atoms with Crippen molar-refractivity contribution in [3.05, 3.63) is 53.6 Å². The van der Waals surface area contributed by atoms with Crippen LogP contribution in [-0.2, 0) is 4.79 Å². The van der Waals surface area contributed by atoms with E-state index in [4.69, 9.17) is 9.47 Å². The van der Waals surface area contributed by atoms with Gasteiger partial charge in [0.1, 0.15) is 0 Å². The molecule has 0 bridgehead atoms. The summed E-state index contributed by atoms with van der Waals surface area (Å²) < 4.78 is 10.4. The van der Waals surface area contributed by atoms with E-state index in [2.05, 4.69) is 15.8 Å². The first kappa shape index (κ1) is 17.8. The van der Waals surface area contributed by atoms with E-state index in [9.17, 15) is 9.59 Å². The zero-order chi connectivity index (χ0) is 18.4. The van der Waals surface area contributed by atoms with Crippen LogP contribution in [0.1, 0.15) is 15.9 Å². The van der Waals surface area contributed by atoms with Gasteiger partial charge in [-0.3, -0.25) is 9.59 Å². The Balaban J connectivity index is 1.46. The Kier molecular flexibility index (Phi) is 5.75. The molecule has 0 fully saturated rings. The van der Waals surface area contributed by atoms with Crippen LogP contribution in [0, 0.1) is 0 Å². The minimum atomic E-state index is -0.420. The maximum absolute atomic E-state index is 12.1. The van der Waals surface area contributed by atoms with Gasteiger partial charge in [0.25, 0.3) is 11.8 Å². The third-order valence-corrected chi connectivity index (χ3v) is 4.31. The lowest BCUT2D eigenvalue weighted by Crippen LogP contribution is -2.34. The summed E-state index contributed by atoms with van der Waals surface area (Å²) >= 11 is 1.65. The highest BCUT2D eigenvalue weighted by atomic mass is 32.2. The van der Waals surface area contributed by atoms with Gasteiger partial charge < -0.3 is 14.8 Å². The smallest absolute Gasteiger partial charge is 0.259 e. The van der Waals surface area contributed by atoms with Crippen LogP contribution in [0.2, 0.25) is 0 Å². The molecule has 0 saturated heterocycles. The Labute approximate surface area is 154 Å². The van der Waals surface area contributed by atoms with Gasteiger partial charge in [0.2, 0.25) is 6.79 Å². The van der Waals surface area contributed by atoms with Gasteiger partial charge in [-0.15, -0.1) is 11.8 Å². The molecule has 134 valence electrons. The number of hydrogen-bond acceptors (Lipinski definition) is 6. The van der Waals surface area contributed by atoms with Gasteiger partial charge in [0, 0.05) is 10.5 Å². The molecule has 0 aromatic heterocycles. The first-order valence-electron chi connectivity index (χ1n) is 7.79. The zero-order valence-electron chi connectivity index (χ0n) is 14.0. The van der Waals surface area contributed by atoms with E-state index in [0.29, 0.717) is 17.1 Å². The lowest BCUT2D eigenvalue weighted by atomic mass is 10.2. The number of nitrogens with one attached hydrogen (secondary N) is 2. The highest BCUT2D eigenvalue weighted by Crippen LogP contribution is 2.32. The molecule has 7 nitrogen and oxygen atoms in total. The summed E-state index contributed by atoms with van der Waals surface area (Å²) in [6.45, 7) is -0.0448. The number of hydrazone groups is 1. The summed E-state index contributed by atoms with van der Waals surface area (Å²) in [5, 5.41) is 6.41. The number of thioether (sulfide) groups is 1. The number of ether oxygens (including phenoxy) is 2. The van der Waals surface area contributed by atoms with E-state index >= 15 is 0 Å². The molecule has 3 rings (SSSR count). The molecule has 1 aliphatic rings. The molecular formula is C18H17N3O4S. The minimum Gasteiger partial charge on any atom is -0.454 e. The summed E-state index contributed by atoms with van der Waals surface area (Å²) in [6.07, 6.45) is 3.54. The van der Waals surface area contributed by atoms with Crippen LogP contribution >= 0.6 is 11.8 Å². The van der Waals surface area contributed by atoms with Crippen LogP contribution < -0.4 is 20.2 Å². The van der Waals surface area contributed by atoms with Gasteiger partial charge in [0.15, 0.2) is 11.5 Å². The highest BCUT2D eigenvalue weighted by Gasteiger charge is 2.16. The molecule has 2 N–H and O–H groups in total. The van der Waals surface area contributed by atoms with Crippen LogP contribution in [0.4, 0.5) is 0 Å². The molecule has 0 aliphatic carbocycles. The normalized spacial score (nSPS) is 12.2. The Morgan fingerprint density at radius 2 is 1.92 bits per heavy atom. The van der Waals surface area contributed by atoms with Gasteiger partial charge in [-0.1, -0.05) is 12.1 Å². The monoisotopic (exact) mass is 371 g/mol. The van der Waals surface area contributed by atoms with Gasteiger partial charge in [-0.05, 0) is 42.2 Å². The van der Waals surface area contributed by atoms with E-state index < -0.39 is 5.91 Å². The number of amides is 2. The van der Waals surface area contributed by atoms with Crippen LogP contribution in [0.15, 0.2) is 52.5 Å². The summed E-state index contributed by atoms with van der Waals surface area (Å²) in [5.74, 6) is 0.310. The SMILES string of the molecule is CSc1ccc(C=NNC(=O)CNC(=O)c2ccc3c(c2)OCO3)cc1. The number of carbonyl (C=O) groups is 2. The van der Waals surface area contributed by atoms with Crippen molar-refractivity contribution in [3.63, 3.8) is 0 Å². The van der Waals surface area contributed by atoms with Crippen LogP contribution in [-0.4, -0.2) is 37.6 Å². The zero-order valence-corrected chi connectivity index (χ0v) is 14.8. The molecule has 0 spiro atoms. The topological polar surface area (TPSA) is 89.0 Å². The molecule has 2 aromatic rings. The molecule has 2 amide bonds. The number of fused-ring (bicyclic) bond motifs is 1. The second-order valence-electron chi connectivity index (χ2n) is 5.32. The van der Waals surface area contributed by atoms with Gasteiger partial charge in [0.05, 0.1) is 12.8 Å². The molecule has 1 heterocycles. The quantitative estimate of drug-likeness (QED) is 0.461. The van der Waals surface area contributed by atoms with E-state index in [1.54, 1.807) is 36.2 Å². The summed E-state index contributed by atoms with van der Waals surface area (Å²) in [5.41, 5.74) is 3.63. The van der Waals surface area contributed by atoms with Crippen molar-refractivity contribution in [2.24, 2.45) is 5.10 Å². The van der Waals surface area contributed by atoms with E-state index in [1.165, 1.54) is 0 Å². The Bertz CT molecular complexity index is 837. The third-order valence-electron chi connectivity index (χ3n) is 3.56. The fraction of sp³-hybridized carbons (Fsp3) is 0.167. The first-order valence-corrected chi connectivity index (χ1v) is 9.02. The molecule has 8 heteroatoms. The second-order valence-corrected chi connectivity index (χ2v) is 6.20. The van der Waals surface area contributed by atoms with Crippen molar-refractivity contribution in [2.45, 2.75) is 4.90 Å². The molecule has 0 saturated carbocycles. The average molecular weight is 371 g/mol. The number of nitrogens with zero attached hydrogens (tertiary/aromatic N) is 1. The maximum Gasteiger partial charge on any atom is 0.259 e. The Morgan fingerprint density at radius 1 is 1.15 bits per heavy atom. The van der Waals surface area contributed by atoms with Crippen LogP contribution in [0.5, 0.6) is 11.5 Å². The molecule has 0 radical (unpaired) electrons. The lowest BCUT2D eigenvalue weighted by molar-refractivity contribution is -0.120. The second kappa shape index (κ2) is 8.39. The van der Waals surface area contributed by atoms with Crippen molar-refractivity contribution in [2.75, 3.05) is 19.6 Å². The summed E-state index contributed by atoms with van der Waals surface area (Å²) in [4.78, 5) is 25.0. The van der Waals surface area contributed by atoms with Crippen molar-refractivity contribution in [1.82, 2.24) is 10.7 Å². The molecule has 26 heavy (non-hydrogen) atoms. The van der Waals surface area contributed by atoms with Crippen molar-refractivity contribution < 1.29 is 19.1 Å². The predicted octanol–water partition coefficient (Wildman–Crippen LogP) is 2.02. The molecular weight excluding hydrogens is 354 g/mol. The fourth-order valence-corrected chi connectivity index (χ4v) is 2.62. The molecule has 0 atom stereocenters.